The summed E-state index contributed by atoms with van der Waals surface area (Å²) in [6.07, 6.45) is 3.66. The molecule has 5 heteroatoms. The number of fused-ring (bicyclic) bond motifs is 1. The molecule has 1 aliphatic rings. The number of amides is 1. The van der Waals surface area contributed by atoms with Gasteiger partial charge in [0.15, 0.2) is 11.5 Å². The maximum atomic E-state index is 10.9. The second-order valence-corrected chi connectivity index (χ2v) is 6.10. The van der Waals surface area contributed by atoms with E-state index in [2.05, 4.69) is 16.4 Å². The predicted molar refractivity (Wildman–Crippen MR) is 91.1 cm³/mol. The van der Waals surface area contributed by atoms with Crippen LogP contribution in [0.2, 0.25) is 0 Å². The zero-order valence-corrected chi connectivity index (χ0v) is 14.0. The van der Waals surface area contributed by atoms with Crippen LogP contribution in [0.4, 0.5) is 0 Å². The van der Waals surface area contributed by atoms with Crippen molar-refractivity contribution >= 4 is 5.91 Å². The summed E-state index contributed by atoms with van der Waals surface area (Å²) < 4.78 is 11.3. The Morgan fingerprint density at radius 1 is 1.38 bits per heavy atom. The Balaban J connectivity index is 1.62. The molecule has 1 atom stereocenters. The van der Waals surface area contributed by atoms with Crippen molar-refractivity contribution in [1.82, 2.24) is 10.3 Å². The van der Waals surface area contributed by atoms with Gasteiger partial charge in [-0.15, -0.1) is 0 Å². The van der Waals surface area contributed by atoms with Crippen LogP contribution in [0, 0.1) is 5.92 Å². The molecule has 3 rings (SSSR count). The third-order valence-corrected chi connectivity index (χ3v) is 4.18. The molecule has 0 fully saturated rings. The van der Waals surface area contributed by atoms with Gasteiger partial charge in [-0.05, 0) is 36.1 Å². The van der Waals surface area contributed by atoms with Crippen molar-refractivity contribution in [3.05, 3.63) is 53.3 Å². The van der Waals surface area contributed by atoms with Gasteiger partial charge in [0.25, 0.3) is 0 Å². The van der Waals surface area contributed by atoms with E-state index in [1.807, 2.05) is 30.5 Å². The maximum absolute atomic E-state index is 10.9. The van der Waals surface area contributed by atoms with Gasteiger partial charge in [-0.1, -0.05) is 18.2 Å². The number of ether oxygens (including phenoxy) is 2. The van der Waals surface area contributed by atoms with Crippen molar-refractivity contribution in [3.63, 3.8) is 0 Å². The second kappa shape index (κ2) is 7.34. The minimum absolute atomic E-state index is 0.0347. The van der Waals surface area contributed by atoms with E-state index in [4.69, 9.17) is 9.47 Å². The molecule has 0 spiro atoms. The van der Waals surface area contributed by atoms with Crippen LogP contribution in [0.5, 0.6) is 11.5 Å². The van der Waals surface area contributed by atoms with Gasteiger partial charge < -0.3 is 14.8 Å². The van der Waals surface area contributed by atoms with Gasteiger partial charge in [0.1, 0.15) is 0 Å². The van der Waals surface area contributed by atoms with Crippen LogP contribution in [0.25, 0.3) is 0 Å². The molecule has 0 radical (unpaired) electrons. The fraction of sp³-hybridized carbons (Fsp3) is 0.368. The first-order valence-electron chi connectivity index (χ1n) is 8.12. The normalized spacial score (nSPS) is 16.0. The minimum Gasteiger partial charge on any atom is -0.493 e. The van der Waals surface area contributed by atoms with Crippen molar-refractivity contribution in [2.45, 2.75) is 26.3 Å². The Morgan fingerprint density at radius 3 is 2.96 bits per heavy atom. The van der Waals surface area contributed by atoms with Crippen LogP contribution in [-0.2, 0) is 24.2 Å². The quantitative estimate of drug-likeness (QED) is 0.917. The fourth-order valence-corrected chi connectivity index (χ4v) is 2.95. The first-order chi connectivity index (χ1) is 11.7. The van der Waals surface area contributed by atoms with E-state index >= 15 is 0 Å². The molecule has 1 aromatic carbocycles. The predicted octanol–water partition coefficient (Wildman–Crippen LogP) is 2.52. The van der Waals surface area contributed by atoms with E-state index in [0.29, 0.717) is 19.1 Å². The molecular formula is C19H22N2O3. The number of hydrogen-bond acceptors (Lipinski definition) is 4. The number of hydrogen-bond donors (Lipinski definition) is 1. The number of benzene rings is 1. The van der Waals surface area contributed by atoms with E-state index in [0.717, 1.165) is 35.6 Å². The lowest BCUT2D eigenvalue weighted by atomic mass is 9.92. The van der Waals surface area contributed by atoms with Crippen molar-refractivity contribution < 1.29 is 14.3 Å². The molecule has 0 aliphatic carbocycles. The molecule has 1 aliphatic heterocycles. The number of methoxy groups -OCH3 is 1. The summed E-state index contributed by atoms with van der Waals surface area (Å²) in [5, 5.41) is 2.77. The summed E-state index contributed by atoms with van der Waals surface area (Å²) >= 11 is 0. The molecule has 0 bridgehead atoms. The summed E-state index contributed by atoms with van der Waals surface area (Å²) in [6, 6.07) is 10.1. The van der Waals surface area contributed by atoms with Gasteiger partial charge in [0, 0.05) is 31.3 Å². The highest BCUT2D eigenvalue weighted by atomic mass is 16.5. The first-order valence-corrected chi connectivity index (χ1v) is 8.12. The summed E-state index contributed by atoms with van der Waals surface area (Å²) in [4.78, 5) is 15.4. The van der Waals surface area contributed by atoms with Crippen molar-refractivity contribution in [3.8, 4) is 11.5 Å². The van der Waals surface area contributed by atoms with Crippen LogP contribution in [0.3, 0.4) is 0 Å². The Kier molecular flexibility index (Phi) is 4.99. The Hall–Kier alpha value is -2.56. The van der Waals surface area contributed by atoms with Gasteiger partial charge in [0.05, 0.1) is 13.7 Å². The highest BCUT2D eigenvalue weighted by Gasteiger charge is 2.23. The van der Waals surface area contributed by atoms with Gasteiger partial charge in [-0.25, -0.2) is 0 Å². The standard InChI is InChI=1S/C19H22N2O3/c1-13(22)20-10-14-6-7-17(21-11-14)9-15-8-16-4-3-5-18(23-2)19(16)24-12-15/h3-7,11,15H,8-10,12H2,1-2H3,(H,20,22). The fourth-order valence-electron chi connectivity index (χ4n) is 2.95. The average molecular weight is 326 g/mol. The SMILES string of the molecule is COc1cccc2c1OCC(Cc1ccc(CNC(C)=O)cn1)C2. The number of nitrogens with one attached hydrogen (secondary N) is 1. The summed E-state index contributed by atoms with van der Waals surface area (Å²) in [6.45, 7) is 2.70. The Bertz CT molecular complexity index is 713. The topological polar surface area (TPSA) is 60.5 Å². The lowest BCUT2D eigenvalue weighted by Crippen LogP contribution is -2.23. The van der Waals surface area contributed by atoms with Gasteiger partial charge in [0.2, 0.25) is 5.91 Å². The van der Waals surface area contributed by atoms with Gasteiger partial charge in [-0.3, -0.25) is 9.78 Å². The largest absolute Gasteiger partial charge is 0.493 e. The smallest absolute Gasteiger partial charge is 0.217 e. The molecule has 5 nitrogen and oxygen atoms in total. The number of rotatable bonds is 5. The molecule has 0 saturated heterocycles. The molecule has 1 unspecified atom stereocenters. The van der Waals surface area contributed by atoms with Crippen LogP contribution in [0.15, 0.2) is 36.5 Å². The molecule has 2 heterocycles. The lowest BCUT2D eigenvalue weighted by molar-refractivity contribution is -0.119. The average Bonchev–Trinajstić information content (AvgIpc) is 2.60. The molecule has 126 valence electrons. The highest BCUT2D eigenvalue weighted by molar-refractivity contribution is 5.72. The second-order valence-electron chi connectivity index (χ2n) is 6.10. The van der Waals surface area contributed by atoms with Crippen molar-refractivity contribution in [1.29, 1.82) is 0 Å². The van der Waals surface area contributed by atoms with E-state index in [1.165, 1.54) is 12.5 Å². The number of nitrogens with zero attached hydrogens (tertiary/aromatic N) is 1. The van der Waals surface area contributed by atoms with Crippen molar-refractivity contribution in [2.24, 2.45) is 5.92 Å². The molecule has 24 heavy (non-hydrogen) atoms. The molecule has 2 aromatic rings. The lowest BCUT2D eigenvalue weighted by Gasteiger charge is -2.26. The van der Waals surface area contributed by atoms with E-state index < -0.39 is 0 Å². The third-order valence-electron chi connectivity index (χ3n) is 4.18. The number of aromatic nitrogens is 1. The maximum Gasteiger partial charge on any atom is 0.217 e. The van der Waals surface area contributed by atoms with Gasteiger partial charge in [-0.2, -0.15) is 0 Å². The van der Waals surface area contributed by atoms with E-state index in [-0.39, 0.29) is 5.91 Å². The molecular weight excluding hydrogens is 304 g/mol. The molecule has 1 amide bonds. The Labute approximate surface area is 142 Å². The van der Waals surface area contributed by atoms with E-state index in [1.54, 1.807) is 7.11 Å². The summed E-state index contributed by atoms with van der Waals surface area (Å²) in [5.74, 6) is 2.03. The Morgan fingerprint density at radius 2 is 2.25 bits per heavy atom. The zero-order chi connectivity index (χ0) is 16.9. The van der Waals surface area contributed by atoms with Crippen LogP contribution in [0.1, 0.15) is 23.7 Å². The number of pyridine rings is 1. The molecule has 1 aromatic heterocycles. The number of para-hydroxylation sites is 1. The van der Waals surface area contributed by atoms with Crippen LogP contribution < -0.4 is 14.8 Å². The first kappa shape index (κ1) is 16.3. The molecule has 1 N–H and O–H groups in total. The number of carbonyl (C=O) groups is 1. The summed E-state index contributed by atoms with van der Waals surface area (Å²) in [7, 11) is 1.66. The third kappa shape index (κ3) is 3.85. The van der Waals surface area contributed by atoms with Crippen molar-refractivity contribution in [2.75, 3.05) is 13.7 Å². The van der Waals surface area contributed by atoms with Crippen LogP contribution >= 0.6 is 0 Å². The number of carbonyl (C=O) groups excluding carboxylic acids is 1. The zero-order valence-electron chi connectivity index (χ0n) is 14.0. The summed E-state index contributed by atoms with van der Waals surface area (Å²) in [5.41, 5.74) is 3.23. The molecule has 0 saturated carbocycles. The minimum atomic E-state index is -0.0347. The van der Waals surface area contributed by atoms with Gasteiger partial charge >= 0.3 is 0 Å². The van der Waals surface area contributed by atoms with Crippen LogP contribution in [-0.4, -0.2) is 24.6 Å². The highest BCUT2D eigenvalue weighted by Crippen LogP contribution is 2.36. The monoisotopic (exact) mass is 326 g/mol. The van der Waals surface area contributed by atoms with E-state index in [9.17, 15) is 4.79 Å².